The number of nitrogens with one attached hydrogen (secondary N) is 1. The second-order valence-corrected chi connectivity index (χ2v) is 9.35. The molecule has 1 N–H and O–H groups in total. The van der Waals surface area contributed by atoms with Crippen LogP contribution in [0.15, 0.2) is 42.6 Å². The fourth-order valence-corrected chi connectivity index (χ4v) is 4.90. The molecule has 2 aromatic rings. The molecule has 1 aromatic carbocycles. The van der Waals surface area contributed by atoms with Gasteiger partial charge in [-0.2, -0.15) is 0 Å². The van der Waals surface area contributed by atoms with Gasteiger partial charge in [0.1, 0.15) is 5.82 Å². The molecule has 1 amide bonds. The minimum Gasteiger partial charge on any atom is -0.379 e. The average Bonchev–Trinajstić information content (AvgIpc) is 2.83. The highest BCUT2D eigenvalue weighted by Gasteiger charge is 2.41. The first-order valence-corrected chi connectivity index (χ1v) is 12.0. The van der Waals surface area contributed by atoms with Gasteiger partial charge in [-0.15, -0.1) is 37.2 Å². The number of morpholine rings is 1. The number of aromatic nitrogens is 1. The number of piperidine rings is 1. The Kier molecular flexibility index (Phi) is 14.2. The number of carbonyl (C=O) groups excluding carboxylic acids is 1. The molecule has 0 unspecified atom stereocenters. The van der Waals surface area contributed by atoms with E-state index in [1.54, 1.807) is 6.20 Å². The summed E-state index contributed by atoms with van der Waals surface area (Å²) in [6, 6.07) is 11.5. The summed E-state index contributed by atoms with van der Waals surface area (Å²) in [5, 5.41) is 4.70. The van der Waals surface area contributed by atoms with Crippen LogP contribution in [0.2, 0.25) is 10.0 Å². The van der Waals surface area contributed by atoms with Crippen molar-refractivity contribution in [3.63, 3.8) is 0 Å². The van der Waals surface area contributed by atoms with Crippen molar-refractivity contribution in [1.29, 1.82) is 0 Å². The van der Waals surface area contributed by atoms with Crippen molar-refractivity contribution in [3.8, 4) is 0 Å². The molecule has 2 fully saturated rings. The highest BCUT2D eigenvalue weighted by atomic mass is 35.5. The highest BCUT2D eigenvalue weighted by Crippen LogP contribution is 2.40. The SMILES string of the molecule is Cl.Cl.Cl.O=C1CC[C@](CCNCCN2CCOCC2)(c2ccc(Cl)c(Cl)c2)CN1c1ccccn1. The van der Waals surface area contributed by atoms with Crippen molar-refractivity contribution in [2.75, 3.05) is 57.4 Å². The zero-order valence-corrected chi connectivity index (χ0v) is 23.4. The fraction of sp³-hybridized carbons (Fsp3) is 0.500. The third-order valence-corrected chi connectivity index (χ3v) is 7.26. The van der Waals surface area contributed by atoms with Gasteiger partial charge in [0, 0.05) is 50.8 Å². The van der Waals surface area contributed by atoms with Crippen molar-refractivity contribution >= 4 is 72.1 Å². The molecular formula is C24H33Cl5N4O2. The smallest absolute Gasteiger partial charge is 0.228 e. The van der Waals surface area contributed by atoms with Gasteiger partial charge in [-0.1, -0.05) is 35.3 Å². The molecule has 0 radical (unpaired) electrons. The van der Waals surface area contributed by atoms with Gasteiger partial charge in [-0.3, -0.25) is 14.6 Å². The Morgan fingerprint density at radius 3 is 2.49 bits per heavy atom. The monoisotopic (exact) mass is 584 g/mol. The zero-order chi connectivity index (χ0) is 22.4. The lowest BCUT2D eigenvalue weighted by atomic mass is 9.71. The summed E-state index contributed by atoms with van der Waals surface area (Å²) in [5.74, 6) is 0.807. The Morgan fingerprint density at radius 1 is 1.03 bits per heavy atom. The lowest BCUT2D eigenvalue weighted by Crippen LogP contribution is -2.50. The number of carbonyl (C=O) groups is 1. The summed E-state index contributed by atoms with van der Waals surface area (Å²) in [6.07, 6.45) is 3.87. The molecule has 4 rings (SSSR count). The maximum absolute atomic E-state index is 12.8. The number of benzene rings is 1. The van der Waals surface area contributed by atoms with E-state index in [-0.39, 0.29) is 48.5 Å². The van der Waals surface area contributed by atoms with Gasteiger partial charge >= 0.3 is 0 Å². The molecule has 0 aliphatic carbocycles. The molecule has 1 aromatic heterocycles. The van der Waals surface area contributed by atoms with Crippen LogP contribution in [0, 0.1) is 0 Å². The Morgan fingerprint density at radius 2 is 1.80 bits per heavy atom. The molecule has 2 saturated heterocycles. The van der Waals surface area contributed by atoms with Gasteiger partial charge in [-0.05, 0) is 49.2 Å². The molecule has 35 heavy (non-hydrogen) atoms. The van der Waals surface area contributed by atoms with Crippen LogP contribution in [-0.4, -0.2) is 68.3 Å². The lowest BCUT2D eigenvalue weighted by Gasteiger charge is -2.43. The molecule has 11 heteroatoms. The highest BCUT2D eigenvalue weighted by molar-refractivity contribution is 6.42. The van der Waals surface area contributed by atoms with E-state index in [2.05, 4.69) is 15.2 Å². The summed E-state index contributed by atoms with van der Waals surface area (Å²) in [6.45, 7) is 7.00. The number of amides is 1. The normalized spacial score (nSPS) is 20.4. The molecule has 2 aliphatic heterocycles. The number of ether oxygens (including phenoxy) is 1. The minimum absolute atomic E-state index is 0. The molecule has 0 spiro atoms. The number of nitrogens with zero attached hydrogens (tertiary/aromatic N) is 3. The molecule has 6 nitrogen and oxygen atoms in total. The first kappa shape index (κ1) is 32.2. The Hall–Kier alpha value is -0.830. The van der Waals surface area contributed by atoms with Crippen LogP contribution in [-0.2, 0) is 14.9 Å². The first-order chi connectivity index (χ1) is 15.6. The number of pyridine rings is 1. The van der Waals surface area contributed by atoms with Crippen LogP contribution in [0.5, 0.6) is 0 Å². The summed E-state index contributed by atoms with van der Waals surface area (Å²) in [4.78, 5) is 21.5. The van der Waals surface area contributed by atoms with E-state index in [9.17, 15) is 4.79 Å². The van der Waals surface area contributed by atoms with Gasteiger partial charge in [0.05, 0.1) is 23.3 Å². The van der Waals surface area contributed by atoms with Crippen molar-refractivity contribution in [3.05, 3.63) is 58.2 Å². The van der Waals surface area contributed by atoms with Crippen molar-refractivity contribution in [2.24, 2.45) is 0 Å². The second kappa shape index (κ2) is 15.4. The Balaban J connectivity index is 0.00000204. The van der Waals surface area contributed by atoms with Gasteiger partial charge in [0.15, 0.2) is 0 Å². The number of hydrogen-bond donors (Lipinski definition) is 1. The molecule has 0 saturated carbocycles. The number of anilines is 1. The van der Waals surface area contributed by atoms with Crippen LogP contribution in [0.3, 0.4) is 0 Å². The maximum atomic E-state index is 12.8. The van der Waals surface area contributed by atoms with Crippen molar-refractivity contribution in [2.45, 2.75) is 24.7 Å². The van der Waals surface area contributed by atoms with Crippen LogP contribution in [0.4, 0.5) is 5.82 Å². The summed E-state index contributed by atoms with van der Waals surface area (Å²) in [7, 11) is 0. The standard InChI is InChI=1S/C24H30Cl2N4O2.3ClH/c25-20-5-4-19(17-21(20)26)24(8-10-27-11-12-29-13-15-32-16-14-29)7-6-23(31)30(18-24)22-3-1-2-9-28-22;;;/h1-5,9,17,27H,6-8,10-16,18H2;3*1H/t24-;;;/m1.../s1. The second-order valence-electron chi connectivity index (χ2n) is 8.53. The van der Waals surface area contributed by atoms with E-state index >= 15 is 0 Å². The lowest BCUT2D eigenvalue weighted by molar-refractivity contribution is -0.120. The molecule has 3 heterocycles. The van der Waals surface area contributed by atoms with Gasteiger partial charge in [0.25, 0.3) is 0 Å². The number of hydrogen-bond acceptors (Lipinski definition) is 5. The van der Waals surface area contributed by atoms with Gasteiger partial charge < -0.3 is 10.1 Å². The van der Waals surface area contributed by atoms with Crippen molar-refractivity contribution in [1.82, 2.24) is 15.2 Å². The van der Waals surface area contributed by atoms with Crippen molar-refractivity contribution < 1.29 is 9.53 Å². The van der Waals surface area contributed by atoms with Crippen LogP contribution >= 0.6 is 60.4 Å². The predicted octanol–water partition coefficient (Wildman–Crippen LogP) is 5.03. The molecular weight excluding hydrogens is 554 g/mol. The van der Waals surface area contributed by atoms with E-state index in [0.717, 1.165) is 64.3 Å². The largest absolute Gasteiger partial charge is 0.379 e. The van der Waals surface area contributed by atoms with Gasteiger partial charge in [-0.25, -0.2) is 4.98 Å². The van der Waals surface area contributed by atoms with E-state index in [1.807, 2.05) is 41.3 Å². The molecule has 2 aliphatic rings. The van der Waals surface area contributed by atoms with E-state index in [4.69, 9.17) is 27.9 Å². The first-order valence-electron chi connectivity index (χ1n) is 11.3. The fourth-order valence-electron chi connectivity index (χ4n) is 4.60. The summed E-state index contributed by atoms with van der Waals surface area (Å²) < 4.78 is 5.42. The third-order valence-electron chi connectivity index (χ3n) is 6.53. The quantitative estimate of drug-likeness (QED) is 0.440. The average molecular weight is 587 g/mol. The van der Waals surface area contributed by atoms with E-state index in [1.165, 1.54) is 0 Å². The molecule has 1 atom stereocenters. The summed E-state index contributed by atoms with van der Waals surface area (Å²) in [5.41, 5.74) is 0.904. The summed E-state index contributed by atoms with van der Waals surface area (Å²) >= 11 is 12.6. The zero-order valence-electron chi connectivity index (χ0n) is 19.5. The predicted molar refractivity (Wildman–Crippen MR) is 150 cm³/mol. The minimum atomic E-state index is -0.217. The van der Waals surface area contributed by atoms with Crippen LogP contribution in [0.25, 0.3) is 0 Å². The number of halogens is 5. The van der Waals surface area contributed by atoms with Gasteiger partial charge in [0.2, 0.25) is 5.91 Å². The van der Waals surface area contributed by atoms with E-state index in [0.29, 0.717) is 28.8 Å². The van der Waals surface area contributed by atoms with Crippen LogP contribution < -0.4 is 10.2 Å². The number of rotatable bonds is 8. The maximum Gasteiger partial charge on any atom is 0.228 e. The Labute approximate surface area is 236 Å². The third kappa shape index (κ3) is 8.34. The Bertz CT molecular complexity index is 918. The molecule has 0 bridgehead atoms. The topological polar surface area (TPSA) is 57.7 Å². The van der Waals surface area contributed by atoms with Crippen LogP contribution in [0.1, 0.15) is 24.8 Å². The van der Waals surface area contributed by atoms with E-state index < -0.39 is 0 Å². The molecule has 196 valence electrons.